The number of anilines is 2. The van der Waals surface area contributed by atoms with Gasteiger partial charge >= 0.3 is 0 Å². The molecule has 1 aliphatic rings. The Bertz CT molecular complexity index is 1220. The molecule has 0 fully saturated rings. The number of nitrogens with one attached hydrogen (secondary N) is 1. The maximum absolute atomic E-state index is 13.0. The standard InChI is InChI=1S/C25H22N2O5/c1-4-32-18-9-7-17(8-10-18)27-24(29)19-11-6-16(14-20(19)25(27)30)23(28)26-21-13-15(2)5-12-22(21)31-3/h5-14H,4H2,1-3H3,(H,26,28). The molecule has 0 bridgehead atoms. The summed E-state index contributed by atoms with van der Waals surface area (Å²) in [5.74, 6) is -0.133. The van der Waals surface area contributed by atoms with Crippen molar-refractivity contribution in [1.82, 2.24) is 0 Å². The fourth-order valence-corrected chi connectivity index (χ4v) is 3.59. The van der Waals surface area contributed by atoms with E-state index in [0.29, 0.717) is 29.5 Å². The summed E-state index contributed by atoms with van der Waals surface area (Å²) in [4.78, 5) is 39.8. The summed E-state index contributed by atoms with van der Waals surface area (Å²) in [5.41, 5.74) is 2.64. The van der Waals surface area contributed by atoms with E-state index in [0.717, 1.165) is 10.5 Å². The van der Waals surface area contributed by atoms with Crippen LogP contribution in [0.5, 0.6) is 11.5 Å². The van der Waals surface area contributed by atoms with Gasteiger partial charge in [-0.15, -0.1) is 0 Å². The zero-order valence-electron chi connectivity index (χ0n) is 18.0. The Morgan fingerprint density at radius 2 is 1.66 bits per heavy atom. The zero-order valence-corrected chi connectivity index (χ0v) is 18.0. The second-order valence-corrected chi connectivity index (χ2v) is 7.29. The van der Waals surface area contributed by atoms with Crippen molar-refractivity contribution in [2.75, 3.05) is 23.9 Å². The molecule has 3 aromatic carbocycles. The number of nitrogens with zero attached hydrogens (tertiary/aromatic N) is 1. The lowest BCUT2D eigenvalue weighted by atomic mass is 10.1. The number of rotatable bonds is 6. The van der Waals surface area contributed by atoms with Crippen molar-refractivity contribution >= 4 is 29.1 Å². The van der Waals surface area contributed by atoms with Crippen LogP contribution in [0.25, 0.3) is 0 Å². The van der Waals surface area contributed by atoms with Crippen molar-refractivity contribution in [3.05, 3.63) is 82.9 Å². The first-order valence-corrected chi connectivity index (χ1v) is 10.1. The topological polar surface area (TPSA) is 84.9 Å². The largest absolute Gasteiger partial charge is 0.495 e. The molecule has 0 atom stereocenters. The quantitative estimate of drug-likeness (QED) is 0.584. The first-order valence-electron chi connectivity index (χ1n) is 10.1. The molecule has 7 heteroatoms. The molecule has 162 valence electrons. The molecule has 7 nitrogen and oxygen atoms in total. The normalized spacial score (nSPS) is 12.5. The summed E-state index contributed by atoms with van der Waals surface area (Å²) in [5, 5.41) is 2.81. The van der Waals surface area contributed by atoms with Crippen LogP contribution in [0.3, 0.4) is 0 Å². The van der Waals surface area contributed by atoms with Crippen molar-refractivity contribution in [3.63, 3.8) is 0 Å². The zero-order chi connectivity index (χ0) is 22.8. The highest BCUT2D eigenvalue weighted by Crippen LogP contribution is 2.31. The molecular weight excluding hydrogens is 408 g/mol. The van der Waals surface area contributed by atoms with Crippen LogP contribution in [0.1, 0.15) is 43.6 Å². The van der Waals surface area contributed by atoms with Crippen molar-refractivity contribution in [2.24, 2.45) is 0 Å². The van der Waals surface area contributed by atoms with Crippen LogP contribution in [0.15, 0.2) is 60.7 Å². The van der Waals surface area contributed by atoms with Gasteiger partial charge < -0.3 is 14.8 Å². The van der Waals surface area contributed by atoms with Crippen LogP contribution in [0, 0.1) is 6.92 Å². The molecule has 0 unspecified atom stereocenters. The Morgan fingerprint density at radius 3 is 2.34 bits per heavy atom. The van der Waals surface area contributed by atoms with Crippen LogP contribution in [-0.2, 0) is 0 Å². The van der Waals surface area contributed by atoms with Crippen LogP contribution < -0.4 is 19.7 Å². The molecule has 3 amide bonds. The molecule has 0 aliphatic carbocycles. The van der Waals surface area contributed by atoms with E-state index in [2.05, 4.69) is 5.32 Å². The minimum Gasteiger partial charge on any atom is -0.495 e. The minimum absolute atomic E-state index is 0.188. The molecule has 3 aromatic rings. The number of methoxy groups -OCH3 is 1. The third-order valence-corrected chi connectivity index (χ3v) is 5.16. The summed E-state index contributed by atoms with van der Waals surface area (Å²) in [7, 11) is 1.52. The number of carbonyl (C=O) groups excluding carboxylic acids is 3. The lowest BCUT2D eigenvalue weighted by Crippen LogP contribution is -2.29. The number of fused-ring (bicyclic) bond motifs is 1. The second kappa shape index (κ2) is 8.55. The van der Waals surface area contributed by atoms with E-state index in [4.69, 9.17) is 9.47 Å². The molecule has 1 heterocycles. The molecule has 0 saturated carbocycles. The Kier molecular flexibility index (Phi) is 5.64. The fraction of sp³-hybridized carbons (Fsp3) is 0.160. The highest BCUT2D eigenvalue weighted by molar-refractivity contribution is 6.34. The Hall–Kier alpha value is -4.13. The van der Waals surface area contributed by atoms with Gasteiger partial charge in [0.25, 0.3) is 17.7 Å². The summed E-state index contributed by atoms with van der Waals surface area (Å²) < 4.78 is 10.7. The molecular formula is C25H22N2O5. The van der Waals surface area contributed by atoms with Crippen LogP contribution in [0.2, 0.25) is 0 Å². The molecule has 4 rings (SSSR count). The number of hydrogen-bond acceptors (Lipinski definition) is 5. The third kappa shape index (κ3) is 3.80. The Labute approximate surface area is 185 Å². The van der Waals surface area contributed by atoms with Gasteiger partial charge in [-0.1, -0.05) is 6.07 Å². The maximum Gasteiger partial charge on any atom is 0.266 e. The number of carbonyl (C=O) groups is 3. The van der Waals surface area contributed by atoms with E-state index in [1.165, 1.54) is 25.3 Å². The van der Waals surface area contributed by atoms with E-state index in [1.807, 2.05) is 19.9 Å². The molecule has 0 radical (unpaired) electrons. The highest BCUT2D eigenvalue weighted by Gasteiger charge is 2.37. The van der Waals surface area contributed by atoms with Crippen molar-refractivity contribution < 1.29 is 23.9 Å². The van der Waals surface area contributed by atoms with E-state index in [1.54, 1.807) is 36.4 Å². The number of amides is 3. The molecule has 32 heavy (non-hydrogen) atoms. The van der Waals surface area contributed by atoms with Gasteiger partial charge in [0.2, 0.25) is 0 Å². The third-order valence-electron chi connectivity index (χ3n) is 5.16. The van der Waals surface area contributed by atoms with Gasteiger partial charge in [0.05, 0.1) is 36.2 Å². The predicted molar refractivity (Wildman–Crippen MR) is 121 cm³/mol. The first-order chi connectivity index (χ1) is 15.4. The lowest BCUT2D eigenvalue weighted by molar-refractivity contribution is 0.0925. The van der Waals surface area contributed by atoms with Gasteiger partial charge in [-0.3, -0.25) is 14.4 Å². The Balaban J connectivity index is 1.60. The van der Waals surface area contributed by atoms with Crippen molar-refractivity contribution in [1.29, 1.82) is 0 Å². The predicted octanol–water partition coefficient (Wildman–Crippen LogP) is 4.46. The van der Waals surface area contributed by atoms with Gasteiger partial charge in [0.1, 0.15) is 11.5 Å². The summed E-state index contributed by atoms with van der Waals surface area (Å²) >= 11 is 0. The summed E-state index contributed by atoms with van der Waals surface area (Å²) in [6.45, 7) is 4.30. The SMILES string of the molecule is CCOc1ccc(N2C(=O)c3ccc(C(=O)Nc4cc(C)ccc4OC)cc3C2=O)cc1. The molecule has 0 aromatic heterocycles. The molecule has 1 aliphatic heterocycles. The first kappa shape index (κ1) is 21.1. The molecule has 0 spiro atoms. The van der Waals surface area contributed by atoms with Gasteiger partial charge in [-0.25, -0.2) is 4.90 Å². The van der Waals surface area contributed by atoms with E-state index in [-0.39, 0.29) is 16.7 Å². The number of imide groups is 1. The maximum atomic E-state index is 13.0. The van der Waals surface area contributed by atoms with Gasteiger partial charge in [-0.2, -0.15) is 0 Å². The van der Waals surface area contributed by atoms with Crippen molar-refractivity contribution in [2.45, 2.75) is 13.8 Å². The monoisotopic (exact) mass is 430 g/mol. The summed E-state index contributed by atoms with van der Waals surface area (Å²) in [6.07, 6.45) is 0. The van der Waals surface area contributed by atoms with Crippen LogP contribution in [-0.4, -0.2) is 31.4 Å². The van der Waals surface area contributed by atoms with E-state index in [9.17, 15) is 14.4 Å². The average Bonchev–Trinajstić information content (AvgIpc) is 3.04. The number of benzene rings is 3. The second-order valence-electron chi connectivity index (χ2n) is 7.29. The minimum atomic E-state index is -0.475. The van der Waals surface area contributed by atoms with Crippen LogP contribution >= 0.6 is 0 Å². The lowest BCUT2D eigenvalue weighted by Gasteiger charge is -2.14. The Morgan fingerprint density at radius 1 is 0.938 bits per heavy atom. The number of ether oxygens (including phenoxy) is 2. The van der Waals surface area contributed by atoms with Gasteiger partial charge in [0.15, 0.2) is 0 Å². The number of aryl methyl sites for hydroxylation is 1. The van der Waals surface area contributed by atoms with E-state index < -0.39 is 17.7 Å². The smallest absolute Gasteiger partial charge is 0.266 e. The average molecular weight is 430 g/mol. The number of hydrogen-bond donors (Lipinski definition) is 1. The molecule has 1 N–H and O–H groups in total. The molecule has 0 saturated heterocycles. The van der Waals surface area contributed by atoms with Gasteiger partial charge in [0, 0.05) is 5.56 Å². The van der Waals surface area contributed by atoms with Crippen molar-refractivity contribution in [3.8, 4) is 11.5 Å². The highest BCUT2D eigenvalue weighted by atomic mass is 16.5. The fourth-order valence-electron chi connectivity index (χ4n) is 3.59. The summed E-state index contributed by atoms with van der Waals surface area (Å²) in [6, 6.07) is 16.7. The van der Waals surface area contributed by atoms with Crippen LogP contribution in [0.4, 0.5) is 11.4 Å². The van der Waals surface area contributed by atoms with Gasteiger partial charge in [-0.05, 0) is 74.0 Å². The van der Waals surface area contributed by atoms with E-state index >= 15 is 0 Å².